The highest BCUT2D eigenvalue weighted by molar-refractivity contribution is 6.71. The molecule has 7 heteroatoms. The van der Waals surface area contributed by atoms with E-state index in [2.05, 4.69) is 25.2 Å². The van der Waals surface area contributed by atoms with Crippen LogP contribution in [0.4, 0.5) is 0 Å². The number of unbranched alkanes of at least 4 members (excludes halogenated alkanes) is 14. The SMILES string of the molecule is CCCCCCCCCCCCCCCC/C=C/[Si]1(C)OCCOCCOCCOCCOC2CCCCC2O1. The molecule has 0 aromatic carbocycles. The van der Waals surface area contributed by atoms with Gasteiger partial charge in [-0.15, -0.1) is 0 Å². The number of allylic oxidation sites excluding steroid dienone is 1. The van der Waals surface area contributed by atoms with Gasteiger partial charge in [0.05, 0.1) is 65.1 Å². The van der Waals surface area contributed by atoms with Crippen LogP contribution in [0.1, 0.15) is 129 Å². The molecule has 0 spiro atoms. The van der Waals surface area contributed by atoms with E-state index < -0.39 is 8.56 Å². The minimum absolute atomic E-state index is 0.0936. The van der Waals surface area contributed by atoms with Crippen LogP contribution in [-0.4, -0.2) is 73.6 Å². The maximum atomic E-state index is 6.78. The normalized spacial score (nSPS) is 26.4. The maximum absolute atomic E-state index is 6.78. The summed E-state index contributed by atoms with van der Waals surface area (Å²) in [7, 11) is -2.49. The molecule has 2 aliphatic rings. The van der Waals surface area contributed by atoms with E-state index in [0.29, 0.717) is 52.9 Å². The smallest absolute Gasteiger partial charge is 0.361 e. The largest absolute Gasteiger partial charge is 0.389 e. The Morgan fingerprint density at radius 2 is 1.05 bits per heavy atom. The van der Waals surface area contributed by atoms with Crippen molar-refractivity contribution in [1.29, 1.82) is 0 Å². The fraction of sp³-hybridized carbons (Fsp3) is 0.939. The molecule has 1 saturated heterocycles. The van der Waals surface area contributed by atoms with Crippen LogP contribution in [0.3, 0.4) is 0 Å². The first-order valence-corrected chi connectivity index (χ1v) is 19.5. The summed E-state index contributed by atoms with van der Waals surface area (Å²) in [5.74, 6) is 0. The average Bonchev–Trinajstić information content (AvgIpc) is 2.96. The topological polar surface area (TPSA) is 55.4 Å². The Labute approximate surface area is 248 Å². The minimum atomic E-state index is -2.49. The van der Waals surface area contributed by atoms with Crippen molar-refractivity contribution in [1.82, 2.24) is 0 Å². The van der Waals surface area contributed by atoms with E-state index in [0.717, 1.165) is 19.3 Å². The van der Waals surface area contributed by atoms with Gasteiger partial charge in [-0.2, -0.15) is 0 Å². The zero-order valence-electron chi connectivity index (χ0n) is 26.4. The van der Waals surface area contributed by atoms with Crippen molar-refractivity contribution >= 4 is 8.56 Å². The first-order valence-electron chi connectivity index (χ1n) is 17.1. The van der Waals surface area contributed by atoms with Crippen molar-refractivity contribution < 1.29 is 27.8 Å². The third-order valence-corrected chi connectivity index (χ3v) is 10.5. The molecule has 40 heavy (non-hydrogen) atoms. The lowest BCUT2D eigenvalue weighted by molar-refractivity contribution is -0.0756. The van der Waals surface area contributed by atoms with E-state index in [1.54, 1.807) is 0 Å². The Morgan fingerprint density at radius 1 is 0.575 bits per heavy atom. The van der Waals surface area contributed by atoms with Gasteiger partial charge in [0.25, 0.3) is 0 Å². The lowest BCUT2D eigenvalue weighted by atomic mass is 9.95. The van der Waals surface area contributed by atoms with Gasteiger partial charge < -0.3 is 27.8 Å². The molecule has 0 radical (unpaired) electrons. The van der Waals surface area contributed by atoms with Gasteiger partial charge in [-0.1, -0.05) is 109 Å². The molecule has 3 unspecified atom stereocenters. The van der Waals surface area contributed by atoms with Crippen LogP contribution in [0.5, 0.6) is 0 Å². The van der Waals surface area contributed by atoms with E-state index >= 15 is 0 Å². The molecule has 2 fully saturated rings. The van der Waals surface area contributed by atoms with Gasteiger partial charge in [-0.3, -0.25) is 0 Å². The van der Waals surface area contributed by atoms with Gasteiger partial charge >= 0.3 is 8.56 Å². The molecule has 0 bridgehead atoms. The molecule has 2 rings (SSSR count). The third-order valence-electron chi connectivity index (χ3n) is 8.09. The molecule has 3 atom stereocenters. The first-order chi connectivity index (χ1) is 19.7. The summed E-state index contributed by atoms with van der Waals surface area (Å²) < 4.78 is 36.4. The Kier molecular flexibility index (Phi) is 22.7. The van der Waals surface area contributed by atoms with E-state index in [4.69, 9.17) is 27.8 Å². The Bertz CT molecular complexity index is 591. The number of rotatable bonds is 16. The molecule has 0 aromatic rings. The summed E-state index contributed by atoms with van der Waals surface area (Å²) in [4.78, 5) is 0. The average molecular weight is 585 g/mol. The quantitative estimate of drug-likeness (QED) is 0.134. The van der Waals surface area contributed by atoms with Gasteiger partial charge in [0.15, 0.2) is 0 Å². The van der Waals surface area contributed by atoms with Crippen LogP contribution in [-0.2, 0) is 27.8 Å². The van der Waals surface area contributed by atoms with Crippen LogP contribution in [0, 0.1) is 0 Å². The number of hydrogen-bond acceptors (Lipinski definition) is 6. The number of ether oxygens (including phenoxy) is 4. The second-order valence-electron chi connectivity index (χ2n) is 11.8. The third kappa shape index (κ3) is 19.0. The highest BCUT2D eigenvalue weighted by Crippen LogP contribution is 2.28. The maximum Gasteiger partial charge on any atom is 0.361 e. The first kappa shape index (κ1) is 35.9. The standard InChI is InChI=1S/C33H64O6Si/c1-3-4-5-6-7-8-9-10-11-12-13-14-15-16-17-20-31-40(2)38-30-28-36-26-24-34-23-25-35-27-29-37-32-21-18-19-22-33(32)39-40/h20,31-33H,3-19,21-30H2,1-2H3/b31-20+. The Balaban J connectivity index is 1.65. The summed E-state index contributed by atoms with van der Waals surface area (Å²) in [6.07, 6.45) is 27.6. The van der Waals surface area contributed by atoms with E-state index in [1.165, 1.54) is 103 Å². The van der Waals surface area contributed by atoms with E-state index in [1.807, 2.05) is 0 Å². The summed E-state index contributed by atoms with van der Waals surface area (Å²) >= 11 is 0. The van der Waals surface area contributed by atoms with E-state index in [-0.39, 0.29) is 12.2 Å². The van der Waals surface area contributed by atoms with Crippen molar-refractivity contribution in [2.45, 2.75) is 148 Å². The predicted octanol–water partition coefficient (Wildman–Crippen LogP) is 8.45. The predicted molar refractivity (Wildman–Crippen MR) is 167 cm³/mol. The lowest BCUT2D eigenvalue weighted by Crippen LogP contribution is -2.47. The number of fused-ring (bicyclic) bond motifs is 1. The molecule has 0 amide bonds. The molecule has 0 aromatic heterocycles. The van der Waals surface area contributed by atoms with Gasteiger partial charge in [0.1, 0.15) is 0 Å². The summed E-state index contributed by atoms with van der Waals surface area (Å²) in [6, 6.07) is 0. The van der Waals surface area contributed by atoms with E-state index in [9.17, 15) is 0 Å². The van der Waals surface area contributed by atoms with Gasteiger partial charge in [0.2, 0.25) is 0 Å². The summed E-state index contributed by atoms with van der Waals surface area (Å²) in [5, 5.41) is 0. The van der Waals surface area contributed by atoms with Crippen molar-refractivity contribution in [3.8, 4) is 0 Å². The monoisotopic (exact) mass is 584 g/mol. The number of hydrogen-bond donors (Lipinski definition) is 0. The van der Waals surface area contributed by atoms with Crippen LogP contribution >= 0.6 is 0 Å². The van der Waals surface area contributed by atoms with Crippen LogP contribution in [0.2, 0.25) is 6.55 Å². The summed E-state index contributed by atoms with van der Waals surface area (Å²) in [5.41, 5.74) is 2.27. The second kappa shape index (κ2) is 25.2. The fourth-order valence-electron chi connectivity index (χ4n) is 5.67. The van der Waals surface area contributed by atoms with Gasteiger partial charge in [-0.05, 0) is 37.9 Å². The molecule has 236 valence electrons. The van der Waals surface area contributed by atoms with Crippen LogP contribution < -0.4 is 0 Å². The zero-order valence-corrected chi connectivity index (χ0v) is 27.4. The molecular formula is C33H64O6Si. The molecular weight excluding hydrogens is 520 g/mol. The minimum Gasteiger partial charge on any atom is -0.389 e. The lowest BCUT2D eigenvalue weighted by Gasteiger charge is -2.36. The van der Waals surface area contributed by atoms with Crippen molar-refractivity contribution in [2.75, 3.05) is 52.9 Å². The van der Waals surface area contributed by atoms with Crippen molar-refractivity contribution in [3.63, 3.8) is 0 Å². The van der Waals surface area contributed by atoms with Crippen LogP contribution in [0.15, 0.2) is 11.8 Å². The van der Waals surface area contributed by atoms with Crippen LogP contribution in [0.25, 0.3) is 0 Å². The zero-order chi connectivity index (χ0) is 28.4. The summed E-state index contributed by atoms with van der Waals surface area (Å²) in [6.45, 7) is 9.10. The van der Waals surface area contributed by atoms with Gasteiger partial charge in [0, 0.05) is 0 Å². The van der Waals surface area contributed by atoms with Crippen molar-refractivity contribution in [3.05, 3.63) is 11.8 Å². The fourth-order valence-corrected chi connectivity index (χ4v) is 7.87. The molecule has 1 aliphatic carbocycles. The highest BCUT2D eigenvalue weighted by atomic mass is 28.4. The molecule has 6 nitrogen and oxygen atoms in total. The highest BCUT2D eigenvalue weighted by Gasteiger charge is 2.36. The molecule has 1 saturated carbocycles. The Morgan fingerprint density at radius 3 is 1.62 bits per heavy atom. The van der Waals surface area contributed by atoms with Gasteiger partial charge in [-0.25, -0.2) is 0 Å². The second-order valence-corrected chi connectivity index (χ2v) is 14.7. The molecule has 1 heterocycles. The molecule has 0 N–H and O–H groups in total. The van der Waals surface area contributed by atoms with Crippen molar-refractivity contribution in [2.24, 2.45) is 0 Å². The molecule has 1 aliphatic heterocycles. The Hall–Kier alpha value is -0.283.